The van der Waals surface area contributed by atoms with Crippen LogP contribution in [0.15, 0.2) is 18.2 Å². The summed E-state index contributed by atoms with van der Waals surface area (Å²) < 4.78 is 18.9. The lowest BCUT2D eigenvalue weighted by Crippen LogP contribution is -2.15. The summed E-state index contributed by atoms with van der Waals surface area (Å²) in [5.74, 6) is 5.69. The molecule has 0 aromatic heterocycles. The largest absolute Gasteiger partial charge is 0.493 e. The van der Waals surface area contributed by atoms with Gasteiger partial charge >= 0.3 is 0 Å². The molecule has 0 atom stereocenters. The SMILES string of the molecule is CN(C)CCCOc1cc(F)cc(C#CCCO)c1. The molecule has 1 N–H and O–H groups in total. The van der Waals surface area contributed by atoms with E-state index in [4.69, 9.17) is 9.84 Å². The van der Waals surface area contributed by atoms with Gasteiger partial charge in [-0.1, -0.05) is 11.8 Å². The minimum Gasteiger partial charge on any atom is -0.493 e. The van der Waals surface area contributed by atoms with Crippen molar-refractivity contribution < 1.29 is 14.2 Å². The lowest BCUT2D eigenvalue weighted by molar-refractivity contribution is 0.280. The molecule has 0 bridgehead atoms. The smallest absolute Gasteiger partial charge is 0.128 e. The Morgan fingerprint density at radius 3 is 2.79 bits per heavy atom. The topological polar surface area (TPSA) is 32.7 Å². The number of benzene rings is 1. The highest BCUT2D eigenvalue weighted by Crippen LogP contribution is 2.16. The highest BCUT2D eigenvalue weighted by Gasteiger charge is 2.00. The lowest BCUT2D eigenvalue weighted by atomic mass is 10.2. The van der Waals surface area contributed by atoms with E-state index >= 15 is 0 Å². The summed E-state index contributed by atoms with van der Waals surface area (Å²) in [4.78, 5) is 2.07. The van der Waals surface area contributed by atoms with E-state index in [9.17, 15) is 4.39 Å². The number of hydrogen-bond donors (Lipinski definition) is 1. The van der Waals surface area contributed by atoms with Gasteiger partial charge in [0.05, 0.1) is 13.2 Å². The summed E-state index contributed by atoms with van der Waals surface area (Å²) >= 11 is 0. The molecule has 0 fully saturated rings. The summed E-state index contributed by atoms with van der Waals surface area (Å²) in [7, 11) is 3.99. The third-order valence-electron chi connectivity index (χ3n) is 2.36. The molecule has 0 amide bonds. The van der Waals surface area contributed by atoms with Crippen molar-refractivity contribution in [3.05, 3.63) is 29.6 Å². The number of aliphatic hydroxyl groups excluding tert-OH is 1. The molecule has 0 saturated carbocycles. The van der Waals surface area contributed by atoms with Gasteiger partial charge in [-0.2, -0.15) is 0 Å². The molecular weight excluding hydrogens is 245 g/mol. The Balaban J connectivity index is 2.56. The van der Waals surface area contributed by atoms with Gasteiger partial charge in [-0.3, -0.25) is 0 Å². The summed E-state index contributed by atoms with van der Waals surface area (Å²) in [5.41, 5.74) is 0.566. The van der Waals surface area contributed by atoms with Crippen LogP contribution in [0.25, 0.3) is 0 Å². The molecular formula is C15H20FNO2. The first-order chi connectivity index (χ1) is 9.11. The van der Waals surface area contributed by atoms with Crippen molar-refractivity contribution in [1.29, 1.82) is 0 Å². The molecule has 0 radical (unpaired) electrons. The minimum absolute atomic E-state index is 0.0101. The van der Waals surface area contributed by atoms with E-state index in [-0.39, 0.29) is 12.4 Å². The van der Waals surface area contributed by atoms with E-state index in [1.807, 2.05) is 14.1 Å². The maximum Gasteiger partial charge on any atom is 0.128 e. The second kappa shape index (κ2) is 8.52. The highest BCUT2D eigenvalue weighted by atomic mass is 19.1. The van der Waals surface area contributed by atoms with E-state index in [1.165, 1.54) is 12.1 Å². The number of nitrogens with zero attached hydrogens (tertiary/aromatic N) is 1. The van der Waals surface area contributed by atoms with Crippen molar-refractivity contribution >= 4 is 0 Å². The first kappa shape index (κ1) is 15.5. The quantitative estimate of drug-likeness (QED) is 0.630. The predicted molar refractivity (Wildman–Crippen MR) is 73.6 cm³/mol. The molecule has 104 valence electrons. The molecule has 4 heteroatoms. The average molecular weight is 265 g/mol. The number of hydrogen-bond acceptors (Lipinski definition) is 3. The lowest BCUT2D eigenvalue weighted by Gasteiger charge is -2.10. The van der Waals surface area contributed by atoms with Gasteiger partial charge in [0.1, 0.15) is 11.6 Å². The number of ether oxygens (including phenoxy) is 1. The molecule has 0 aliphatic carbocycles. The maximum atomic E-state index is 13.4. The Labute approximate surface area is 114 Å². The first-order valence-corrected chi connectivity index (χ1v) is 6.29. The molecule has 1 aromatic carbocycles. The van der Waals surface area contributed by atoms with E-state index in [0.717, 1.165) is 13.0 Å². The average Bonchev–Trinajstić information content (AvgIpc) is 2.34. The highest BCUT2D eigenvalue weighted by molar-refractivity contribution is 5.40. The molecule has 0 aliphatic heterocycles. The van der Waals surface area contributed by atoms with E-state index in [1.54, 1.807) is 6.07 Å². The third-order valence-corrected chi connectivity index (χ3v) is 2.36. The molecule has 0 spiro atoms. The Morgan fingerprint density at radius 1 is 1.32 bits per heavy atom. The van der Waals surface area contributed by atoms with Crippen LogP contribution in [-0.2, 0) is 0 Å². The van der Waals surface area contributed by atoms with Gasteiger partial charge in [-0.05, 0) is 32.6 Å². The second-order valence-electron chi connectivity index (χ2n) is 4.46. The van der Waals surface area contributed by atoms with Crippen molar-refractivity contribution in [1.82, 2.24) is 4.90 Å². The number of halogens is 1. The Bertz CT molecular complexity index is 449. The summed E-state index contributed by atoms with van der Waals surface area (Å²) in [6.07, 6.45) is 1.27. The summed E-state index contributed by atoms with van der Waals surface area (Å²) in [5, 5.41) is 8.64. The van der Waals surface area contributed by atoms with Crippen molar-refractivity contribution in [2.45, 2.75) is 12.8 Å². The van der Waals surface area contributed by atoms with Gasteiger partial charge in [0.2, 0.25) is 0 Å². The van der Waals surface area contributed by atoms with Crippen LogP contribution in [0, 0.1) is 17.7 Å². The summed E-state index contributed by atoms with van der Waals surface area (Å²) in [6.45, 7) is 1.49. The van der Waals surface area contributed by atoms with Gasteiger partial charge < -0.3 is 14.7 Å². The maximum absolute atomic E-state index is 13.4. The van der Waals surface area contributed by atoms with Crippen molar-refractivity contribution in [2.24, 2.45) is 0 Å². The van der Waals surface area contributed by atoms with Crippen LogP contribution in [0.1, 0.15) is 18.4 Å². The Hall–Kier alpha value is -1.57. The van der Waals surface area contributed by atoms with Gasteiger partial charge in [0.25, 0.3) is 0 Å². The number of rotatable bonds is 6. The van der Waals surface area contributed by atoms with Crippen molar-refractivity contribution in [3.63, 3.8) is 0 Å². The van der Waals surface area contributed by atoms with E-state index in [0.29, 0.717) is 24.3 Å². The Morgan fingerprint density at radius 2 is 2.11 bits per heavy atom. The molecule has 1 rings (SSSR count). The van der Waals surface area contributed by atoms with Crippen LogP contribution in [0.5, 0.6) is 5.75 Å². The van der Waals surface area contributed by atoms with E-state index in [2.05, 4.69) is 16.7 Å². The normalized spacial score (nSPS) is 10.2. The van der Waals surface area contributed by atoms with Crippen LogP contribution >= 0.6 is 0 Å². The molecule has 0 aliphatic rings. The van der Waals surface area contributed by atoms with Gasteiger partial charge in [-0.15, -0.1) is 0 Å². The molecule has 3 nitrogen and oxygen atoms in total. The third kappa shape index (κ3) is 6.80. The fourth-order valence-corrected chi connectivity index (χ4v) is 1.51. The van der Waals surface area contributed by atoms with Crippen molar-refractivity contribution in [3.8, 4) is 17.6 Å². The zero-order valence-electron chi connectivity index (χ0n) is 11.4. The van der Waals surface area contributed by atoms with Gasteiger partial charge in [0.15, 0.2) is 0 Å². The predicted octanol–water partition coefficient (Wildman–Crippen LogP) is 1.89. The standard InChI is InChI=1S/C15H20FNO2/c1-17(2)7-5-9-19-15-11-13(6-3-4-8-18)10-14(16)12-15/h10-12,18H,4-5,7-9H2,1-2H3. The van der Waals surface area contributed by atoms with Crippen LogP contribution in [0.2, 0.25) is 0 Å². The number of aliphatic hydroxyl groups is 1. The minimum atomic E-state index is -0.363. The first-order valence-electron chi connectivity index (χ1n) is 6.29. The van der Waals surface area contributed by atoms with Gasteiger partial charge in [-0.25, -0.2) is 4.39 Å². The molecule has 1 aromatic rings. The van der Waals surface area contributed by atoms with Crippen LogP contribution in [0.3, 0.4) is 0 Å². The molecule has 19 heavy (non-hydrogen) atoms. The van der Waals surface area contributed by atoms with E-state index < -0.39 is 0 Å². The fourth-order valence-electron chi connectivity index (χ4n) is 1.51. The second-order valence-corrected chi connectivity index (χ2v) is 4.46. The van der Waals surface area contributed by atoms with Crippen molar-refractivity contribution in [2.75, 3.05) is 33.9 Å². The zero-order chi connectivity index (χ0) is 14.1. The van der Waals surface area contributed by atoms with Crippen LogP contribution < -0.4 is 4.74 Å². The zero-order valence-corrected chi connectivity index (χ0v) is 11.4. The fraction of sp³-hybridized carbons (Fsp3) is 0.467. The molecule has 0 heterocycles. The molecule has 0 unspecified atom stereocenters. The van der Waals surface area contributed by atoms with Crippen LogP contribution in [-0.4, -0.2) is 43.9 Å². The van der Waals surface area contributed by atoms with Crippen LogP contribution in [0.4, 0.5) is 4.39 Å². The van der Waals surface area contributed by atoms with Gasteiger partial charge in [0, 0.05) is 24.6 Å². The Kier molecular flexibility index (Phi) is 6.94. The summed E-state index contributed by atoms with van der Waals surface area (Å²) in [6, 6.07) is 4.42. The molecule has 0 saturated heterocycles. The monoisotopic (exact) mass is 265 g/mol.